The van der Waals surface area contributed by atoms with Crippen LogP contribution in [0.15, 0.2) is 0 Å². The van der Waals surface area contributed by atoms with E-state index in [-0.39, 0.29) is 5.60 Å². The van der Waals surface area contributed by atoms with Crippen molar-refractivity contribution in [1.82, 2.24) is 0 Å². The summed E-state index contributed by atoms with van der Waals surface area (Å²) in [4.78, 5) is 0. The third-order valence-corrected chi connectivity index (χ3v) is 3.01. The van der Waals surface area contributed by atoms with E-state index in [4.69, 9.17) is 16.3 Å². The lowest BCUT2D eigenvalue weighted by Crippen LogP contribution is -2.28. The molecule has 0 aromatic rings. The first-order chi connectivity index (χ1) is 4.33. The maximum atomic E-state index is 6.05. The van der Waals surface area contributed by atoms with Gasteiger partial charge >= 0.3 is 0 Å². The summed E-state index contributed by atoms with van der Waals surface area (Å²) in [5.41, 5.74) is 0.153. The monoisotopic (exact) mass is 146 g/mol. The summed E-state index contributed by atoms with van der Waals surface area (Å²) in [5, 5.41) is 0.311. The van der Waals surface area contributed by atoms with E-state index >= 15 is 0 Å². The van der Waals surface area contributed by atoms with Gasteiger partial charge in [0, 0.05) is 0 Å². The van der Waals surface area contributed by atoms with Gasteiger partial charge in [-0.1, -0.05) is 12.8 Å². The van der Waals surface area contributed by atoms with E-state index in [0.29, 0.717) is 5.38 Å². The second-order valence-electron chi connectivity index (χ2n) is 3.07. The number of rotatable bonds is 0. The van der Waals surface area contributed by atoms with E-state index in [1.54, 1.807) is 0 Å². The summed E-state index contributed by atoms with van der Waals surface area (Å²) in [6, 6.07) is 0. The van der Waals surface area contributed by atoms with Gasteiger partial charge in [0.1, 0.15) is 5.60 Å². The molecule has 1 spiro atoms. The molecule has 1 aliphatic carbocycles. The molecule has 0 aromatic heterocycles. The summed E-state index contributed by atoms with van der Waals surface area (Å²) in [5.74, 6) is 0. The molecule has 0 amide bonds. The molecular weight excluding hydrogens is 136 g/mol. The molecule has 2 aliphatic rings. The van der Waals surface area contributed by atoms with Crippen LogP contribution in [0.5, 0.6) is 0 Å². The lowest BCUT2D eigenvalue weighted by molar-refractivity contribution is 0.241. The average molecular weight is 147 g/mol. The number of halogens is 1. The van der Waals surface area contributed by atoms with Gasteiger partial charge in [-0.25, -0.2) is 0 Å². The van der Waals surface area contributed by atoms with Crippen LogP contribution in [-0.4, -0.2) is 17.6 Å². The van der Waals surface area contributed by atoms with E-state index < -0.39 is 0 Å². The van der Waals surface area contributed by atoms with Gasteiger partial charge in [0.05, 0.1) is 12.0 Å². The minimum absolute atomic E-state index is 0.153. The number of hydrogen-bond donors (Lipinski definition) is 0. The van der Waals surface area contributed by atoms with Gasteiger partial charge in [-0.15, -0.1) is 11.6 Å². The van der Waals surface area contributed by atoms with Crippen molar-refractivity contribution < 1.29 is 4.74 Å². The molecule has 1 saturated carbocycles. The smallest absolute Gasteiger partial charge is 0.108 e. The van der Waals surface area contributed by atoms with Gasteiger partial charge in [-0.2, -0.15) is 0 Å². The first-order valence-corrected chi connectivity index (χ1v) is 4.05. The predicted octanol–water partition coefficient (Wildman–Crippen LogP) is 1.94. The minimum atomic E-state index is 0.153. The van der Waals surface area contributed by atoms with Crippen molar-refractivity contribution in [2.75, 3.05) is 6.61 Å². The van der Waals surface area contributed by atoms with E-state index in [1.165, 1.54) is 19.3 Å². The quantitative estimate of drug-likeness (QED) is 0.376. The molecule has 2 rings (SSSR count). The summed E-state index contributed by atoms with van der Waals surface area (Å²) in [7, 11) is 0. The Bertz CT molecular complexity index is 120. The highest BCUT2D eigenvalue weighted by atomic mass is 35.5. The Labute approximate surface area is 60.3 Å². The second-order valence-corrected chi connectivity index (χ2v) is 3.59. The van der Waals surface area contributed by atoms with E-state index in [1.807, 2.05) is 0 Å². The lowest BCUT2D eigenvalue weighted by atomic mass is 9.89. The highest BCUT2D eigenvalue weighted by Crippen LogP contribution is 2.44. The Morgan fingerprint density at radius 3 is 2.67 bits per heavy atom. The lowest BCUT2D eigenvalue weighted by Gasteiger charge is -2.22. The fourth-order valence-electron chi connectivity index (χ4n) is 1.59. The molecule has 0 bridgehead atoms. The fourth-order valence-corrected chi connectivity index (χ4v) is 1.97. The van der Waals surface area contributed by atoms with E-state index in [9.17, 15) is 0 Å². The molecule has 2 heteroatoms. The number of ether oxygens (including phenoxy) is 1. The molecule has 0 aromatic carbocycles. The molecule has 1 heterocycles. The number of epoxide rings is 1. The van der Waals surface area contributed by atoms with E-state index in [0.717, 1.165) is 13.0 Å². The highest BCUT2D eigenvalue weighted by Gasteiger charge is 2.51. The normalized spacial score (nSPS) is 49.7. The molecule has 1 aliphatic heterocycles. The summed E-state index contributed by atoms with van der Waals surface area (Å²) in [6.07, 6.45) is 4.95. The Kier molecular flexibility index (Phi) is 1.24. The standard InChI is InChI=1S/C7H11ClO/c8-6-3-1-2-4-7(6)5-9-7/h6H,1-5H2/t6-,7+/m1/s1. The minimum Gasteiger partial charge on any atom is -0.368 e. The SMILES string of the molecule is Cl[C@@H]1CCCC[C@]12CO2. The molecule has 1 saturated heterocycles. The molecule has 2 atom stereocenters. The Morgan fingerprint density at radius 2 is 2.22 bits per heavy atom. The van der Waals surface area contributed by atoms with Crippen molar-refractivity contribution in [1.29, 1.82) is 0 Å². The third-order valence-electron chi connectivity index (χ3n) is 2.39. The zero-order valence-corrected chi connectivity index (χ0v) is 6.16. The molecule has 2 fully saturated rings. The molecule has 0 N–H and O–H groups in total. The zero-order valence-electron chi connectivity index (χ0n) is 5.40. The van der Waals surface area contributed by atoms with Crippen LogP contribution in [0.1, 0.15) is 25.7 Å². The summed E-state index contributed by atoms with van der Waals surface area (Å²) in [6.45, 7) is 0.918. The van der Waals surface area contributed by atoms with Crippen LogP contribution in [0.2, 0.25) is 0 Å². The largest absolute Gasteiger partial charge is 0.368 e. The number of alkyl halides is 1. The van der Waals surface area contributed by atoms with Crippen LogP contribution in [0, 0.1) is 0 Å². The van der Waals surface area contributed by atoms with Crippen molar-refractivity contribution in [3.8, 4) is 0 Å². The van der Waals surface area contributed by atoms with Gasteiger partial charge in [0.25, 0.3) is 0 Å². The van der Waals surface area contributed by atoms with Gasteiger partial charge in [0.2, 0.25) is 0 Å². The fraction of sp³-hybridized carbons (Fsp3) is 1.00. The molecular formula is C7H11ClO. The molecule has 0 unspecified atom stereocenters. The Morgan fingerprint density at radius 1 is 1.44 bits per heavy atom. The van der Waals surface area contributed by atoms with Crippen LogP contribution < -0.4 is 0 Å². The van der Waals surface area contributed by atoms with Crippen molar-refractivity contribution in [2.45, 2.75) is 36.7 Å². The van der Waals surface area contributed by atoms with Gasteiger partial charge in [-0.3, -0.25) is 0 Å². The first kappa shape index (κ1) is 5.99. The van der Waals surface area contributed by atoms with Crippen molar-refractivity contribution >= 4 is 11.6 Å². The number of hydrogen-bond acceptors (Lipinski definition) is 1. The van der Waals surface area contributed by atoms with Gasteiger partial charge in [-0.05, 0) is 12.8 Å². The second kappa shape index (κ2) is 1.86. The van der Waals surface area contributed by atoms with Gasteiger partial charge in [0.15, 0.2) is 0 Å². The predicted molar refractivity (Wildman–Crippen MR) is 36.8 cm³/mol. The van der Waals surface area contributed by atoms with Crippen molar-refractivity contribution in [3.63, 3.8) is 0 Å². The van der Waals surface area contributed by atoms with Crippen LogP contribution in [0.3, 0.4) is 0 Å². The van der Waals surface area contributed by atoms with Gasteiger partial charge < -0.3 is 4.74 Å². The maximum absolute atomic E-state index is 6.05. The first-order valence-electron chi connectivity index (χ1n) is 3.62. The van der Waals surface area contributed by atoms with Crippen LogP contribution in [0.25, 0.3) is 0 Å². The molecule has 0 radical (unpaired) electrons. The molecule has 9 heavy (non-hydrogen) atoms. The highest BCUT2D eigenvalue weighted by molar-refractivity contribution is 6.21. The third kappa shape index (κ3) is 0.870. The van der Waals surface area contributed by atoms with Crippen LogP contribution in [-0.2, 0) is 4.74 Å². The Hall–Kier alpha value is 0.250. The summed E-state index contributed by atoms with van der Waals surface area (Å²) < 4.78 is 5.32. The Balaban J connectivity index is 2.03. The molecule has 52 valence electrons. The van der Waals surface area contributed by atoms with Crippen molar-refractivity contribution in [3.05, 3.63) is 0 Å². The molecule has 1 nitrogen and oxygen atoms in total. The van der Waals surface area contributed by atoms with E-state index in [2.05, 4.69) is 0 Å². The average Bonchev–Trinajstić information content (AvgIpc) is 2.60. The van der Waals surface area contributed by atoms with Crippen molar-refractivity contribution in [2.24, 2.45) is 0 Å². The maximum Gasteiger partial charge on any atom is 0.108 e. The van der Waals surface area contributed by atoms with Crippen LogP contribution in [0.4, 0.5) is 0 Å². The zero-order chi connectivity index (χ0) is 6.32. The summed E-state index contributed by atoms with van der Waals surface area (Å²) >= 11 is 6.05. The topological polar surface area (TPSA) is 12.5 Å². The van der Waals surface area contributed by atoms with Crippen LogP contribution >= 0.6 is 11.6 Å².